The molecule has 2 N–H and O–H groups in total. The first-order chi connectivity index (χ1) is 6.40. The average Bonchev–Trinajstić information content (AvgIpc) is 2.03. The van der Waals surface area contributed by atoms with E-state index in [-0.39, 0.29) is 42.1 Å². The maximum absolute atomic E-state index is 10.3. The van der Waals surface area contributed by atoms with E-state index in [0.717, 1.165) is 6.42 Å². The van der Waals surface area contributed by atoms with Crippen LogP contribution in [0, 0.1) is 5.92 Å². The van der Waals surface area contributed by atoms with Crippen LogP contribution >= 0.6 is 0 Å². The van der Waals surface area contributed by atoms with Gasteiger partial charge in [-0.2, -0.15) is 8.42 Å². The number of rotatable bonds is 7. The Morgan fingerprint density at radius 2 is 1.87 bits per heavy atom. The van der Waals surface area contributed by atoms with Gasteiger partial charge in [0.05, 0.1) is 12.7 Å². The molecule has 5 nitrogen and oxygen atoms in total. The minimum Gasteiger partial charge on any atom is -0.393 e. The third kappa shape index (κ3) is 9.74. The molecule has 0 aromatic rings. The van der Waals surface area contributed by atoms with Gasteiger partial charge in [0.25, 0.3) is 0 Å². The molecule has 0 aromatic heterocycles. The molecule has 87 valence electrons. The molecule has 1 radical (unpaired) electrons. The summed E-state index contributed by atoms with van der Waals surface area (Å²) in [6, 6.07) is 0. The fourth-order valence-corrected chi connectivity index (χ4v) is 1.55. The quantitative estimate of drug-likeness (QED) is 0.510. The molecule has 0 saturated heterocycles. The van der Waals surface area contributed by atoms with Gasteiger partial charge < -0.3 is 5.11 Å². The average molecular weight is 249 g/mol. The Kier molecular flexibility index (Phi) is 10.8. The van der Waals surface area contributed by atoms with Crippen molar-refractivity contribution in [2.75, 3.05) is 6.61 Å². The van der Waals surface area contributed by atoms with Gasteiger partial charge in [-0.3, -0.25) is 4.55 Å². The van der Waals surface area contributed by atoms with Crippen LogP contribution in [0.3, 0.4) is 0 Å². The van der Waals surface area contributed by atoms with Gasteiger partial charge in [0.1, 0.15) is 0 Å². The second kappa shape index (κ2) is 8.92. The van der Waals surface area contributed by atoms with Crippen molar-refractivity contribution in [3.8, 4) is 0 Å². The maximum atomic E-state index is 10.3. The molecule has 2 atom stereocenters. The van der Waals surface area contributed by atoms with Gasteiger partial charge in [-0.25, -0.2) is 4.18 Å². The Hall–Kier alpha value is 0.830. The SMILES string of the molecule is CCCC(O)C(CC)COS(=O)(=O)O.[Na]. The first-order valence-electron chi connectivity index (χ1n) is 4.70. The fraction of sp³-hybridized carbons (Fsp3) is 1.00. The topological polar surface area (TPSA) is 83.8 Å². The molecule has 0 aliphatic carbocycles. The molecule has 0 aliphatic rings. The molecule has 0 spiro atoms. The third-order valence-corrected chi connectivity index (χ3v) is 2.52. The first-order valence-corrected chi connectivity index (χ1v) is 6.07. The van der Waals surface area contributed by atoms with Gasteiger partial charge in [-0.1, -0.05) is 20.3 Å². The summed E-state index contributed by atoms with van der Waals surface area (Å²) in [4.78, 5) is 0. The molecule has 0 bridgehead atoms. The molecule has 15 heavy (non-hydrogen) atoms. The monoisotopic (exact) mass is 249 g/mol. The minimum absolute atomic E-state index is 0. The van der Waals surface area contributed by atoms with Crippen LogP contribution in [0.4, 0.5) is 0 Å². The van der Waals surface area contributed by atoms with E-state index in [2.05, 4.69) is 4.18 Å². The van der Waals surface area contributed by atoms with Crippen LogP contribution in [0.1, 0.15) is 33.1 Å². The van der Waals surface area contributed by atoms with E-state index in [1.54, 1.807) is 0 Å². The molecule has 0 saturated carbocycles. The van der Waals surface area contributed by atoms with Gasteiger partial charge in [-0.05, 0) is 12.8 Å². The van der Waals surface area contributed by atoms with Crippen molar-refractivity contribution in [3.63, 3.8) is 0 Å². The zero-order valence-electron chi connectivity index (χ0n) is 9.51. The van der Waals surface area contributed by atoms with E-state index in [1.807, 2.05) is 13.8 Å². The van der Waals surface area contributed by atoms with Crippen molar-refractivity contribution >= 4 is 40.0 Å². The van der Waals surface area contributed by atoms with Crippen molar-refractivity contribution in [2.45, 2.75) is 39.2 Å². The Bertz CT molecular complexity index is 241. The second-order valence-electron chi connectivity index (χ2n) is 3.24. The summed E-state index contributed by atoms with van der Waals surface area (Å²) < 4.78 is 33.1. The number of aliphatic hydroxyl groups is 1. The number of hydrogen-bond acceptors (Lipinski definition) is 4. The smallest absolute Gasteiger partial charge is 0.393 e. The van der Waals surface area contributed by atoms with Gasteiger partial charge in [0.15, 0.2) is 0 Å². The summed E-state index contributed by atoms with van der Waals surface area (Å²) in [5, 5.41) is 9.55. The molecule has 0 aromatic carbocycles. The van der Waals surface area contributed by atoms with Gasteiger partial charge >= 0.3 is 10.4 Å². The molecular formula is C8H18NaO5S. The minimum atomic E-state index is -4.39. The van der Waals surface area contributed by atoms with Gasteiger partial charge in [0, 0.05) is 35.5 Å². The molecular weight excluding hydrogens is 231 g/mol. The summed E-state index contributed by atoms with van der Waals surface area (Å²) in [5.74, 6) is -0.253. The van der Waals surface area contributed by atoms with Crippen molar-refractivity contribution in [2.24, 2.45) is 5.92 Å². The van der Waals surface area contributed by atoms with Crippen LogP contribution in [0.2, 0.25) is 0 Å². The maximum Gasteiger partial charge on any atom is 0.397 e. The first kappa shape index (κ1) is 18.2. The Balaban J connectivity index is 0. The van der Waals surface area contributed by atoms with Crippen molar-refractivity contribution < 1.29 is 22.3 Å². The van der Waals surface area contributed by atoms with Gasteiger partial charge in [-0.15, -0.1) is 0 Å². The van der Waals surface area contributed by atoms with Crippen LogP contribution in [0.25, 0.3) is 0 Å². The zero-order valence-corrected chi connectivity index (χ0v) is 12.3. The van der Waals surface area contributed by atoms with E-state index in [9.17, 15) is 13.5 Å². The predicted molar refractivity (Wildman–Crippen MR) is 58.0 cm³/mol. The van der Waals surface area contributed by atoms with Crippen LogP contribution in [0.15, 0.2) is 0 Å². The molecule has 0 amide bonds. The molecule has 7 heteroatoms. The summed E-state index contributed by atoms with van der Waals surface area (Å²) in [5.41, 5.74) is 0. The third-order valence-electron chi connectivity index (χ3n) is 2.08. The number of hydrogen-bond donors (Lipinski definition) is 2. The van der Waals surface area contributed by atoms with E-state index in [1.165, 1.54) is 0 Å². The van der Waals surface area contributed by atoms with E-state index in [4.69, 9.17) is 4.55 Å². The van der Waals surface area contributed by atoms with Crippen molar-refractivity contribution in [1.82, 2.24) is 0 Å². The molecule has 0 aliphatic heterocycles. The summed E-state index contributed by atoms with van der Waals surface area (Å²) in [6.45, 7) is 3.59. The van der Waals surface area contributed by atoms with Crippen LogP contribution in [0.5, 0.6) is 0 Å². The second-order valence-corrected chi connectivity index (χ2v) is 4.33. The van der Waals surface area contributed by atoms with Crippen molar-refractivity contribution in [1.29, 1.82) is 0 Å². The molecule has 0 heterocycles. The van der Waals surface area contributed by atoms with E-state index < -0.39 is 16.5 Å². The standard InChI is InChI=1S/C8H18O5S.Na/c1-3-5-8(9)7(4-2)6-13-14(10,11)12;/h7-9H,3-6H2,1-2H3,(H,10,11,12);. The molecule has 0 rings (SSSR count). The van der Waals surface area contributed by atoms with Crippen LogP contribution < -0.4 is 0 Å². The zero-order chi connectivity index (χ0) is 11.2. The normalized spacial score (nSPS) is 15.5. The van der Waals surface area contributed by atoms with Gasteiger partial charge in [0.2, 0.25) is 0 Å². The van der Waals surface area contributed by atoms with E-state index >= 15 is 0 Å². The fourth-order valence-electron chi connectivity index (χ4n) is 1.21. The summed E-state index contributed by atoms with van der Waals surface area (Å²) in [6.07, 6.45) is 1.46. The number of aliphatic hydroxyl groups excluding tert-OH is 1. The molecule has 2 unspecified atom stereocenters. The Morgan fingerprint density at radius 3 is 2.20 bits per heavy atom. The largest absolute Gasteiger partial charge is 0.397 e. The Labute approximate surface area is 113 Å². The van der Waals surface area contributed by atoms with Crippen LogP contribution in [-0.4, -0.2) is 60.3 Å². The van der Waals surface area contributed by atoms with Crippen molar-refractivity contribution in [3.05, 3.63) is 0 Å². The molecule has 0 fully saturated rings. The summed E-state index contributed by atoms with van der Waals surface area (Å²) >= 11 is 0. The van der Waals surface area contributed by atoms with E-state index in [0.29, 0.717) is 12.8 Å². The Morgan fingerprint density at radius 1 is 1.33 bits per heavy atom. The predicted octanol–water partition coefficient (Wildman–Crippen LogP) is 0.612. The summed E-state index contributed by atoms with van der Waals surface area (Å²) in [7, 11) is -4.39. The van der Waals surface area contributed by atoms with Crippen LogP contribution in [-0.2, 0) is 14.6 Å².